The third kappa shape index (κ3) is 3.17. The molecule has 0 bridgehead atoms. The molecule has 1 saturated carbocycles. The molecule has 0 unspecified atom stereocenters. The number of hydrogen-bond donors (Lipinski definition) is 3. The number of amides is 1. The van der Waals surface area contributed by atoms with Gasteiger partial charge < -0.3 is 20.0 Å². The van der Waals surface area contributed by atoms with E-state index < -0.39 is 0 Å². The van der Waals surface area contributed by atoms with Gasteiger partial charge in [0.2, 0.25) is 0 Å². The number of unbranched alkanes of at least 4 members (excludes halogenated alkanes) is 1. The summed E-state index contributed by atoms with van der Waals surface area (Å²) in [6.07, 6.45) is 7.39. The summed E-state index contributed by atoms with van der Waals surface area (Å²) in [4.78, 5) is 30.1. The fourth-order valence-corrected chi connectivity index (χ4v) is 2.94. The Bertz CT molecular complexity index is 756. The van der Waals surface area contributed by atoms with Gasteiger partial charge in [-0.2, -0.15) is 0 Å². The first-order chi connectivity index (χ1) is 11.1. The van der Waals surface area contributed by atoms with Crippen LogP contribution in [0.4, 0.5) is 0 Å². The molecule has 0 aromatic carbocycles. The lowest BCUT2D eigenvalue weighted by Gasteiger charge is -2.35. The Morgan fingerprint density at radius 2 is 2.13 bits per heavy atom. The summed E-state index contributed by atoms with van der Waals surface area (Å²) in [5, 5.41) is 3.41. The van der Waals surface area contributed by atoms with E-state index in [1.807, 2.05) is 6.92 Å². The largest absolute Gasteiger partial charge is 0.378 e. The summed E-state index contributed by atoms with van der Waals surface area (Å²) in [7, 11) is 0. The van der Waals surface area contributed by atoms with E-state index in [-0.39, 0.29) is 23.6 Å². The second kappa shape index (κ2) is 6.58. The number of rotatable bonds is 6. The normalized spacial score (nSPS) is 20.4. The number of ether oxygens (including phenoxy) is 1. The highest BCUT2D eigenvalue weighted by Gasteiger charge is 2.31. The van der Waals surface area contributed by atoms with Crippen molar-refractivity contribution in [3.63, 3.8) is 0 Å². The highest BCUT2D eigenvalue weighted by Crippen LogP contribution is 2.25. The van der Waals surface area contributed by atoms with Crippen LogP contribution in [0.5, 0.6) is 0 Å². The number of hydrogen-bond acceptors (Lipinski definition) is 3. The first-order valence-corrected chi connectivity index (χ1v) is 8.22. The van der Waals surface area contributed by atoms with Crippen molar-refractivity contribution in [2.24, 2.45) is 0 Å². The van der Waals surface area contributed by atoms with Crippen molar-refractivity contribution >= 4 is 16.8 Å². The predicted molar refractivity (Wildman–Crippen MR) is 88.8 cm³/mol. The lowest BCUT2D eigenvalue weighted by molar-refractivity contribution is -0.0161. The zero-order chi connectivity index (χ0) is 16.4. The number of pyridine rings is 1. The number of aromatic nitrogens is 2. The maximum absolute atomic E-state index is 12.4. The molecule has 1 aliphatic carbocycles. The van der Waals surface area contributed by atoms with Gasteiger partial charge in [0.25, 0.3) is 11.5 Å². The molecular weight excluding hydrogens is 294 g/mol. The monoisotopic (exact) mass is 317 g/mol. The third-order valence-corrected chi connectivity index (χ3v) is 4.45. The van der Waals surface area contributed by atoms with Crippen LogP contribution in [0.3, 0.4) is 0 Å². The van der Waals surface area contributed by atoms with E-state index in [4.69, 9.17) is 4.74 Å². The zero-order valence-corrected chi connectivity index (χ0v) is 13.6. The number of aryl methyl sites for hydroxylation is 1. The average Bonchev–Trinajstić information content (AvgIpc) is 2.94. The van der Waals surface area contributed by atoms with Crippen LogP contribution in [0.15, 0.2) is 17.2 Å². The molecule has 6 heteroatoms. The van der Waals surface area contributed by atoms with Crippen LogP contribution in [-0.4, -0.2) is 34.6 Å². The molecular formula is C17H23N3O3. The summed E-state index contributed by atoms with van der Waals surface area (Å²) in [6, 6.07) is 0.128. The van der Waals surface area contributed by atoms with E-state index in [9.17, 15) is 9.59 Å². The van der Waals surface area contributed by atoms with Gasteiger partial charge in [-0.05, 0) is 31.7 Å². The Kier molecular flexibility index (Phi) is 4.52. The van der Waals surface area contributed by atoms with E-state index in [1.165, 1.54) is 0 Å². The standard InChI is InChI=1S/C17H23N3O3/c1-3-4-5-23-12-6-11(7-12)20-16(21)13-9-18-15-10(2)8-19-17(22)14(13)15/h8-9,11-12,18H,3-7H2,1-2H3,(H,19,22)(H,20,21). The van der Waals surface area contributed by atoms with Gasteiger partial charge in [0.1, 0.15) is 0 Å². The summed E-state index contributed by atoms with van der Waals surface area (Å²) in [5.74, 6) is -0.204. The lowest BCUT2D eigenvalue weighted by Crippen LogP contribution is -2.48. The molecule has 2 heterocycles. The molecule has 1 fully saturated rings. The van der Waals surface area contributed by atoms with E-state index in [2.05, 4.69) is 22.2 Å². The van der Waals surface area contributed by atoms with Crippen molar-refractivity contribution in [3.05, 3.63) is 33.9 Å². The first-order valence-electron chi connectivity index (χ1n) is 8.22. The van der Waals surface area contributed by atoms with Crippen molar-refractivity contribution in [3.8, 4) is 0 Å². The maximum atomic E-state index is 12.4. The fourth-order valence-electron chi connectivity index (χ4n) is 2.94. The highest BCUT2D eigenvalue weighted by molar-refractivity contribution is 6.07. The Morgan fingerprint density at radius 1 is 1.35 bits per heavy atom. The zero-order valence-electron chi connectivity index (χ0n) is 13.6. The predicted octanol–water partition coefficient (Wildman–Crippen LogP) is 2.24. The van der Waals surface area contributed by atoms with Crippen LogP contribution in [-0.2, 0) is 4.74 Å². The van der Waals surface area contributed by atoms with Crippen LogP contribution in [0.2, 0.25) is 0 Å². The van der Waals surface area contributed by atoms with Crippen LogP contribution >= 0.6 is 0 Å². The van der Waals surface area contributed by atoms with Crippen LogP contribution in [0.25, 0.3) is 10.9 Å². The molecule has 3 N–H and O–H groups in total. The molecule has 0 spiro atoms. The number of aromatic amines is 2. The number of carbonyl (C=O) groups excluding carboxylic acids is 1. The number of carbonyl (C=O) groups is 1. The summed E-state index contributed by atoms with van der Waals surface area (Å²) in [5.41, 5.74) is 1.78. The topological polar surface area (TPSA) is 87.0 Å². The van der Waals surface area contributed by atoms with Gasteiger partial charge in [0, 0.05) is 25.0 Å². The summed E-state index contributed by atoms with van der Waals surface area (Å²) in [6.45, 7) is 4.82. The second-order valence-electron chi connectivity index (χ2n) is 6.24. The minimum atomic E-state index is -0.244. The molecule has 1 amide bonds. The molecule has 2 aromatic heterocycles. The summed E-state index contributed by atoms with van der Waals surface area (Å²) < 4.78 is 5.71. The molecule has 3 rings (SSSR count). The fraction of sp³-hybridized carbons (Fsp3) is 0.529. The minimum Gasteiger partial charge on any atom is -0.378 e. The Balaban J connectivity index is 1.62. The quantitative estimate of drug-likeness (QED) is 0.714. The Labute approximate surface area is 134 Å². The van der Waals surface area contributed by atoms with E-state index >= 15 is 0 Å². The van der Waals surface area contributed by atoms with Gasteiger partial charge >= 0.3 is 0 Å². The van der Waals surface area contributed by atoms with E-state index in [1.54, 1.807) is 12.4 Å². The molecule has 124 valence electrons. The average molecular weight is 317 g/mol. The number of fused-ring (bicyclic) bond motifs is 1. The van der Waals surface area contributed by atoms with Crippen LogP contribution in [0.1, 0.15) is 48.5 Å². The van der Waals surface area contributed by atoms with Crippen molar-refractivity contribution in [2.45, 2.75) is 51.7 Å². The number of nitrogens with one attached hydrogen (secondary N) is 3. The smallest absolute Gasteiger partial charge is 0.258 e. The minimum absolute atomic E-state index is 0.128. The molecule has 23 heavy (non-hydrogen) atoms. The van der Waals surface area contributed by atoms with Gasteiger partial charge in [-0.15, -0.1) is 0 Å². The van der Waals surface area contributed by atoms with Gasteiger partial charge in [-0.25, -0.2) is 0 Å². The SMILES string of the molecule is CCCCOC1CC(NC(=O)c2c[nH]c3c(C)c[nH]c(=O)c23)C1. The van der Waals surface area contributed by atoms with E-state index in [0.717, 1.165) is 37.9 Å². The Morgan fingerprint density at radius 3 is 2.87 bits per heavy atom. The molecule has 0 saturated heterocycles. The molecule has 6 nitrogen and oxygen atoms in total. The molecule has 1 aliphatic rings. The molecule has 0 radical (unpaired) electrons. The molecule has 2 aromatic rings. The van der Waals surface area contributed by atoms with Gasteiger partial charge in [0.05, 0.1) is 22.6 Å². The maximum Gasteiger partial charge on any atom is 0.258 e. The molecule has 0 aliphatic heterocycles. The first kappa shape index (κ1) is 15.8. The highest BCUT2D eigenvalue weighted by atomic mass is 16.5. The second-order valence-corrected chi connectivity index (χ2v) is 6.24. The van der Waals surface area contributed by atoms with Crippen molar-refractivity contribution < 1.29 is 9.53 Å². The Hall–Kier alpha value is -2.08. The van der Waals surface area contributed by atoms with Gasteiger partial charge in [0.15, 0.2) is 0 Å². The van der Waals surface area contributed by atoms with E-state index in [0.29, 0.717) is 16.5 Å². The lowest BCUT2D eigenvalue weighted by atomic mass is 9.89. The van der Waals surface area contributed by atoms with Crippen LogP contribution < -0.4 is 10.9 Å². The van der Waals surface area contributed by atoms with Crippen LogP contribution in [0, 0.1) is 6.92 Å². The van der Waals surface area contributed by atoms with Crippen molar-refractivity contribution in [2.75, 3.05) is 6.61 Å². The summed E-state index contributed by atoms with van der Waals surface area (Å²) >= 11 is 0. The van der Waals surface area contributed by atoms with Crippen molar-refractivity contribution in [1.29, 1.82) is 0 Å². The van der Waals surface area contributed by atoms with Crippen molar-refractivity contribution in [1.82, 2.24) is 15.3 Å². The van der Waals surface area contributed by atoms with Gasteiger partial charge in [-0.1, -0.05) is 13.3 Å². The van der Waals surface area contributed by atoms with Gasteiger partial charge in [-0.3, -0.25) is 9.59 Å². The number of H-pyrrole nitrogens is 2. The third-order valence-electron chi connectivity index (χ3n) is 4.45. The molecule has 0 atom stereocenters.